The SMILES string of the molecule is COC[C@@H]1COC(=O)N1c1ccc(C(=O)N2CCN(c3ncc(Cl)cc3Cl)CC2)cc1. The molecule has 1 aromatic carbocycles. The van der Waals surface area contributed by atoms with Crippen molar-refractivity contribution in [1.29, 1.82) is 0 Å². The molecule has 164 valence electrons. The Hall–Kier alpha value is -2.55. The smallest absolute Gasteiger partial charge is 0.414 e. The first-order valence-electron chi connectivity index (χ1n) is 9.88. The summed E-state index contributed by atoms with van der Waals surface area (Å²) in [6, 6.07) is 8.47. The average Bonchev–Trinajstić information content (AvgIpc) is 3.14. The molecule has 2 saturated heterocycles. The zero-order valence-electron chi connectivity index (χ0n) is 17.0. The minimum atomic E-state index is -0.410. The van der Waals surface area contributed by atoms with Crippen LogP contribution in [0.25, 0.3) is 0 Å². The van der Waals surface area contributed by atoms with E-state index in [4.69, 9.17) is 32.7 Å². The first-order chi connectivity index (χ1) is 15.0. The third-order valence-electron chi connectivity index (χ3n) is 5.37. The number of carbonyl (C=O) groups is 2. The van der Waals surface area contributed by atoms with E-state index in [0.717, 1.165) is 0 Å². The first kappa shape index (κ1) is 21.7. The normalized spacial score (nSPS) is 19.0. The molecule has 3 heterocycles. The Bertz CT molecular complexity index is 964. The van der Waals surface area contributed by atoms with E-state index in [-0.39, 0.29) is 18.6 Å². The van der Waals surface area contributed by atoms with Crippen molar-refractivity contribution in [3.63, 3.8) is 0 Å². The lowest BCUT2D eigenvalue weighted by atomic mass is 10.1. The highest BCUT2D eigenvalue weighted by Crippen LogP contribution is 2.27. The minimum Gasteiger partial charge on any atom is -0.447 e. The number of piperazine rings is 1. The number of cyclic esters (lactones) is 1. The average molecular weight is 465 g/mol. The van der Waals surface area contributed by atoms with E-state index in [1.165, 1.54) is 0 Å². The largest absolute Gasteiger partial charge is 0.447 e. The second-order valence-corrected chi connectivity index (χ2v) is 8.18. The number of pyridine rings is 1. The molecule has 31 heavy (non-hydrogen) atoms. The summed E-state index contributed by atoms with van der Waals surface area (Å²) in [5.41, 5.74) is 1.24. The second-order valence-electron chi connectivity index (χ2n) is 7.34. The Morgan fingerprint density at radius 2 is 1.90 bits per heavy atom. The van der Waals surface area contributed by atoms with Gasteiger partial charge in [0, 0.05) is 50.7 Å². The number of aromatic nitrogens is 1. The Balaban J connectivity index is 1.39. The lowest BCUT2D eigenvalue weighted by molar-refractivity contribution is 0.0746. The monoisotopic (exact) mass is 464 g/mol. The maximum Gasteiger partial charge on any atom is 0.414 e. The molecular weight excluding hydrogens is 443 g/mol. The molecule has 1 atom stereocenters. The van der Waals surface area contributed by atoms with Crippen molar-refractivity contribution < 1.29 is 19.1 Å². The molecule has 2 aliphatic rings. The molecule has 8 nitrogen and oxygen atoms in total. The highest BCUT2D eigenvalue weighted by molar-refractivity contribution is 6.36. The summed E-state index contributed by atoms with van der Waals surface area (Å²) >= 11 is 12.2. The van der Waals surface area contributed by atoms with Crippen LogP contribution in [0, 0.1) is 0 Å². The zero-order valence-corrected chi connectivity index (χ0v) is 18.5. The van der Waals surface area contributed by atoms with Gasteiger partial charge in [0.1, 0.15) is 12.4 Å². The van der Waals surface area contributed by atoms with Gasteiger partial charge in [-0.05, 0) is 30.3 Å². The van der Waals surface area contributed by atoms with Crippen molar-refractivity contribution in [2.45, 2.75) is 6.04 Å². The molecule has 2 aromatic rings. The Morgan fingerprint density at radius 1 is 1.19 bits per heavy atom. The van der Waals surface area contributed by atoms with E-state index in [1.54, 1.807) is 53.4 Å². The fourth-order valence-electron chi connectivity index (χ4n) is 3.80. The van der Waals surface area contributed by atoms with Gasteiger partial charge in [0.25, 0.3) is 5.91 Å². The molecule has 10 heteroatoms. The fourth-order valence-corrected chi connectivity index (χ4v) is 4.30. The van der Waals surface area contributed by atoms with Crippen LogP contribution < -0.4 is 9.80 Å². The molecule has 2 fully saturated rings. The molecule has 2 amide bonds. The lowest BCUT2D eigenvalue weighted by Crippen LogP contribution is -2.49. The van der Waals surface area contributed by atoms with Gasteiger partial charge >= 0.3 is 6.09 Å². The molecule has 0 unspecified atom stereocenters. The number of halogens is 2. The molecule has 4 rings (SSSR count). The van der Waals surface area contributed by atoms with E-state index in [1.807, 2.05) is 4.90 Å². The van der Waals surface area contributed by atoms with Crippen LogP contribution in [-0.2, 0) is 9.47 Å². The van der Waals surface area contributed by atoms with Gasteiger partial charge in [0.05, 0.1) is 22.7 Å². The Labute approximate surface area is 190 Å². The number of hydrogen-bond acceptors (Lipinski definition) is 6. The van der Waals surface area contributed by atoms with Crippen LogP contribution in [0.1, 0.15) is 10.4 Å². The van der Waals surface area contributed by atoms with Gasteiger partial charge in [-0.3, -0.25) is 9.69 Å². The maximum absolute atomic E-state index is 12.9. The van der Waals surface area contributed by atoms with Crippen molar-refractivity contribution in [1.82, 2.24) is 9.88 Å². The number of amides is 2. The standard InChI is InChI=1S/C21H22Cl2N4O4/c1-30-12-17-13-31-21(29)27(17)16-4-2-14(3-5-16)20(28)26-8-6-25(7-9-26)19-18(23)10-15(22)11-24-19/h2-5,10-11,17H,6-9,12-13H2,1H3/t17-/m1/s1. The number of ether oxygens (including phenoxy) is 2. The molecule has 0 radical (unpaired) electrons. The predicted octanol–water partition coefficient (Wildman–Crippen LogP) is 3.32. The first-order valence-corrected chi connectivity index (χ1v) is 10.6. The fraction of sp³-hybridized carbons (Fsp3) is 0.381. The Morgan fingerprint density at radius 3 is 2.55 bits per heavy atom. The molecular formula is C21H22Cl2N4O4. The maximum atomic E-state index is 12.9. The van der Waals surface area contributed by atoms with Crippen molar-refractivity contribution in [3.8, 4) is 0 Å². The third-order valence-corrected chi connectivity index (χ3v) is 5.85. The van der Waals surface area contributed by atoms with Crippen LogP contribution >= 0.6 is 23.2 Å². The van der Waals surface area contributed by atoms with Gasteiger partial charge in [-0.25, -0.2) is 9.78 Å². The number of rotatable bonds is 5. The highest BCUT2D eigenvalue weighted by Gasteiger charge is 2.34. The molecule has 1 aromatic heterocycles. The number of carbonyl (C=O) groups excluding carboxylic acids is 2. The van der Waals surface area contributed by atoms with E-state index in [9.17, 15) is 9.59 Å². The van der Waals surface area contributed by atoms with Crippen LogP contribution in [0.2, 0.25) is 10.0 Å². The summed E-state index contributed by atoms with van der Waals surface area (Å²) in [5, 5.41) is 0.983. The van der Waals surface area contributed by atoms with Crippen molar-refractivity contribution in [2.24, 2.45) is 0 Å². The van der Waals surface area contributed by atoms with Crippen LogP contribution in [0.4, 0.5) is 16.3 Å². The summed E-state index contributed by atoms with van der Waals surface area (Å²) < 4.78 is 10.3. The van der Waals surface area contributed by atoms with Crippen molar-refractivity contribution >= 4 is 46.7 Å². The second kappa shape index (κ2) is 9.30. The summed E-state index contributed by atoms with van der Waals surface area (Å²) in [6.45, 7) is 3.01. The summed E-state index contributed by atoms with van der Waals surface area (Å²) in [5.74, 6) is 0.615. The lowest BCUT2D eigenvalue weighted by Gasteiger charge is -2.35. The van der Waals surface area contributed by atoms with Gasteiger partial charge in [0.2, 0.25) is 0 Å². The quantitative estimate of drug-likeness (QED) is 0.675. The van der Waals surface area contributed by atoms with Crippen molar-refractivity contribution in [3.05, 3.63) is 52.1 Å². The van der Waals surface area contributed by atoms with Gasteiger partial charge in [-0.15, -0.1) is 0 Å². The van der Waals surface area contributed by atoms with Gasteiger partial charge in [-0.1, -0.05) is 23.2 Å². The molecule has 0 aliphatic carbocycles. The topological polar surface area (TPSA) is 75.2 Å². The number of hydrogen-bond donors (Lipinski definition) is 0. The molecule has 2 aliphatic heterocycles. The number of benzene rings is 1. The summed E-state index contributed by atoms with van der Waals surface area (Å²) in [4.78, 5) is 34.7. The van der Waals surface area contributed by atoms with E-state index < -0.39 is 6.09 Å². The number of nitrogens with zero attached hydrogens (tertiary/aromatic N) is 4. The van der Waals surface area contributed by atoms with Gasteiger partial charge in [0.15, 0.2) is 0 Å². The molecule has 0 N–H and O–H groups in total. The van der Waals surface area contributed by atoms with E-state index in [2.05, 4.69) is 4.98 Å². The van der Waals surface area contributed by atoms with Gasteiger partial charge < -0.3 is 19.3 Å². The number of methoxy groups -OCH3 is 1. The van der Waals surface area contributed by atoms with Crippen LogP contribution in [-0.4, -0.2) is 74.4 Å². The minimum absolute atomic E-state index is 0.0567. The summed E-state index contributed by atoms with van der Waals surface area (Å²) in [7, 11) is 1.58. The van der Waals surface area contributed by atoms with Crippen molar-refractivity contribution in [2.75, 3.05) is 56.3 Å². The van der Waals surface area contributed by atoms with Gasteiger partial charge in [-0.2, -0.15) is 0 Å². The highest BCUT2D eigenvalue weighted by atomic mass is 35.5. The van der Waals surface area contributed by atoms with Crippen LogP contribution in [0.15, 0.2) is 36.5 Å². The van der Waals surface area contributed by atoms with Crippen LogP contribution in [0.3, 0.4) is 0 Å². The Kier molecular flexibility index (Phi) is 6.50. The molecule has 0 spiro atoms. The number of anilines is 2. The predicted molar refractivity (Wildman–Crippen MR) is 118 cm³/mol. The van der Waals surface area contributed by atoms with E-state index in [0.29, 0.717) is 59.9 Å². The van der Waals surface area contributed by atoms with Crippen LogP contribution in [0.5, 0.6) is 0 Å². The summed E-state index contributed by atoms with van der Waals surface area (Å²) in [6.07, 6.45) is 1.15. The van der Waals surface area contributed by atoms with E-state index >= 15 is 0 Å². The third kappa shape index (κ3) is 4.56. The molecule has 0 bridgehead atoms. The zero-order chi connectivity index (χ0) is 22.0. The molecule has 0 saturated carbocycles.